The predicted molar refractivity (Wildman–Crippen MR) is 108 cm³/mol. The lowest BCUT2D eigenvalue weighted by Gasteiger charge is -2.25. The molecule has 142 valence electrons. The minimum Gasteiger partial charge on any atom is -0.506 e. The molecular weight excluding hydrogens is 340 g/mol. The fourth-order valence-electron chi connectivity index (χ4n) is 2.86. The van der Waals surface area contributed by atoms with E-state index in [1.807, 2.05) is 30.3 Å². The molecule has 1 heterocycles. The first-order chi connectivity index (χ1) is 13.2. The van der Waals surface area contributed by atoms with Crippen molar-refractivity contribution in [2.75, 3.05) is 18.0 Å². The third-order valence-corrected chi connectivity index (χ3v) is 4.41. The Balaban J connectivity index is 1.76. The number of hydrogen-bond acceptors (Lipinski definition) is 6. The van der Waals surface area contributed by atoms with E-state index in [-0.39, 0.29) is 11.8 Å². The van der Waals surface area contributed by atoms with Crippen molar-refractivity contribution in [1.29, 1.82) is 0 Å². The van der Waals surface area contributed by atoms with Crippen LogP contribution < -0.4 is 4.90 Å². The van der Waals surface area contributed by atoms with E-state index in [0.29, 0.717) is 11.3 Å². The number of aromatic nitrogens is 1. The summed E-state index contributed by atoms with van der Waals surface area (Å²) in [6.45, 7) is 6.34. The Morgan fingerprint density at radius 3 is 2.41 bits per heavy atom. The maximum Gasteiger partial charge on any atom is 0.341 e. The van der Waals surface area contributed by atoms with Crippen LogP contribution in [0.5, 0.6) is 5.75 Å². The number of phenols is 1. The number of anilines is 1. The van der Waals surface area contributed by atoms with Crippen molar-refractivity contribution in [3.63, 3.8) is 0 Å². The number of oxazole rings is 1. The Morgan fingerprint density at radius 1 is 1.00 bits per heavy atom. The summed E-state index contributed by atoms with van der Waals surface area (Å²) in [6.07, 6.45) is 4.55. The molecule has 0 spiro atoms. The Labute approximate surface area is 159 Å². The van der Waals surface area contributed by atoms with Crippen molar-refractivity contribution in [2.45, 2.75) is 39.5 Å². The van der Waals surface area contributed by atoms with Gasteiger partial charge < -0.3 is 14.4 Å². The van der Waals surface area contributed by atoms with Gasteiger partial charge in [0.05, 0.1) is 0 Å². The molecule has 0 fully saturated rings. The van der Waals surface area contributed by atoms with Crippen molar-refractivity contribution in [2.24, 2.45) is 10.2 Å². The average Bonchev–Trinajstić information content (AvgIpc) is 3.10. The molecule has 27 heavy (non-hydrogen) atoms. The van der Waals surface area contributed by atoms with E-state index in [0.717, 1.165) is 50.0 Å². The Hall–Kier alpha value is -2.89. The number of nitrogens with zero attached hydrogens (tertiary/aromatic N) is 4. The van der Waals surface area contributed by atoms with Crippen molar-refractivity contribution in [3.8, 4) is 5.75 Å². The highest BCUT2D eigenvalue weighted by Gasteiger charge is 2.10. The van der Waals surface area contributed by atoms with Crippen LogP contribution in [0.4, 0.5) is 17.4 Å². The maximum absolute atomic E-state index is 10.4. The van der Waals surface area contributed by atoms with Crippen LogP contribution in [0, 0.1) is 0 Å². The third-order valence-electron chi connectivity index (χ3n) is 4.41. The molecule has 0 saturated carbocycles. The second kappa shape index (κ2) is 9.16. The van der Waals surface area contributed by atoms with Gasteiger partial charge in [-0.3, -0.25) is 0 Å². The predicted octanol–water partition coefficient (Wildman–Crippen LogP) is 6.36. The molecule has 0 bridgehead atoms. The van der Waals surface area contributed by atoms with Gasteiger partial charge in [0.2, 0.25) is 0 Å². The van der Waals surface area contributed by atoms with Crippen LogP contribution in [0.2, 0.25) is 0 Å². The Bertz CT molecular complexity index is 863. The van der Waals surface area contributed by atoms with Crippen LogP contribution in [0.25, 0.3) is 11.1 Å². The average molecular weight is 366 g/mol. The Kier molecular flexibility index (Phi) is 6.41. The van der Waals surface area contributed by atoms with Gasteiger partial charge in [-0.25, -0.2) is 0 Å². The van der Waals surface area contributed by atoms with E-state index in [1.54, 1.807) is 12.1 Å². The number of fused-ring (bicyclic) bond motifs is 1. The summed E-state index contributed by atoms with van der Waals surface area (Å²) in [4.78, 5) is 6.57. The van der Waals surface area contributed by atoms with E-state index in [9.17, 15) is 5.11 Å². The van der Waals surface area contributed by atoms with Crippen molar-refractivity contribution >= 4 is 28.5 Å². The zero-order valence-electron chi connectivity index (χ0n) is 15.9. The van der Waals surface area contributed by atoms with Crippen molar-refractivity contribution < 1.29 is 9.52 Å². The number of benzene rings is 2. The Morgan fingerprint density at radius 2 is 1.74 bits per heavy atom. The number of aromatic hydroxyl groups is 1. The summed E-state index contributed by atoms with van der Waals surface area (Å²) in [5.41, 5.74) is 2.80. The molecular formula is C21H26N4O2. The standard InChI is InChI=1S/C21H26N4O2/c1-3-5-13-25(14-6-4-2)16-11-12-17(19(26)15-16)23-24-21-22-18-9-7-8-10-20(18)27-21/h7-12,15,26H,3-6,13-14H2,1-2H3. The molecule has 0 atom stereocenters. The van der Waals surface area contributed by atoms with Crippen LogP contribution >= 0.6 is 0 Å². The lowest BCUT2D eigenvalue weighted by molar-refractivity contribution is 0.476. The molecule has 6 nitrogen and oxygen atoms in total. The van der Waals surface area contributed by atoms with Crippen LogP contribution in [0.3, 0.4) is 0 Å². The molecule has 6 heteroatoms. The second-order valence-corrected chi connectivity index (χ2v) is 6.53. The number of para-hydroxylation sites is 2. The highest BCUT2D eigenvalue weighted by molar-refractivity contribution is 5.73. The summed E-state index contributed by atoms with van der Waals surface area (Å²) < 4.78 is 5.52. The van der Waals surface area contributed by atoms with Gasteiger partial charge in [-0.05, 0) is 37.1 Å². The van der Waals surface area contributed by atoms with E-state index in [1.165, 1.54) is 0 Å². The third kappa shape index (κ3) is 4.84. The lowest BCUT2D eigenvalue weighted by atomic mass is 10.2. The molecule has 0 aliphatic heterocycles. The summed E-state index contributed by atoms with van der Waals surface area (Å²) in [7, 11) is 0. The normalized spacial score (nSPS) is 11.5. The molecule has 0 unspecified atom stereocenters. The van der Waals surface area contributed by atoms with Crippen molar-refractivity contribution in [1.82, 2.24) is 4.98 Å². The van der Waals surface area contributed by atoms with E-state index >= 15 is 0 Å². The summed E-state index contributed by atoms with van der Waals surface area (Å²) in [5, 5.41) is 18.5. The molecule has 1 N–H and O–H groups in total. The molecule has 0 aliphatic rings. The van der Waals surface area contributed by atoms with Gasteiger partial charge in [-0.2, -0.15) is 4.98 Å². The number of azo groups is 1. The topological polar surface area (TPSA) is 74.2 Å². The SMILES string of the molecule is CCCCN(CCCC)c1ccc(N=Nc2nc3ccccc3o2)c(O)c1. The minimum absolute atomic E-state index is 0.102. The summed E-state index contributed by atoms with van der Waals surface area (Å²) in [5.74, 6) is 0.102. The van der Waals surface area contributed by atoms with Crippen LogP contribution in [-0.4, -0.2) is 23.2 Å². The van der Waals surface area contributed by atoms with Crippen molar-refractivity contribution in [3.05, 3.63) is 42.5 Å². The number of rotatable bonds is 9. The first kappa shape index (κ1) is 18.9. The maximum atomic E-state index is 10.4. The highest BCUT2D eigenvalue weighted by atomic mass is 16.4. The van der Waals surface area contributed by atoms with Gasteiger partial charge >= 0.3 is 6.01 Å². The van der Waals surface area contributed by atoms with E-state index in [2.05, 4.69) is 34.0 Å². The zero-order valence-corrected chi connectivity index (χ0v) is 15.9. The van der Waals surface area contributed by atoms with Gasteiger partial charge in [0.1, 0.15) is 17.0 Å². The van der Waals surface area contributed by atoms with Crippen LogP contribution in [0.15, 0.2) is 57.1 Å². The van der Waals surface area contributed by atoms with Gasteiger partial charge in [0.25, 0.3) is 0 Å². The smallest absolute Gasteiger partial charge is 0.341 e. The van der Waals surface area contributed by atoms with Gasteiger partial charge in [-0.15, -0.1) is 5.11 Å². The largest absolute Gasteiger partial charge is 0.506 e. The second-order valence-electron chi connectivity index (χ2n) is 6.53. The highest BCUT2D eigenvalue weighted by Crippen LogP contribution is 2.33. The monoisotopic (exact) mass is 366 g/mol. The van der Waals surface area contributed by atoms with Crippen LogP contribution in [0.1, 0.15) is 39.5 Å². The summed E-state index contributed by atoms with van der Waals surface area (Å²) >= 11 is 0. The number of unbranched alkanes of at least 4 members (excludes halogenated alkanes) is 2. The number of phenolic OH excluding ortho intramolecular Hbond substituents is 1. The molecule has 0 amide bonds. The molecule has 0 saturated heterocycles. The van der Waals surface area contributed by atoms with E-state index in [4.69, 9.17) is 4.42 Å². The van der Waals surface area contributed by atoms with Gasteiger partial charge in [0.15, 0.2) is 5.58 Å². The zero-order chi connectivity index (χ0) is 19.1. The molecule has 3 rings (SSSR count). The fourth-order valence-corrected chi connectivity index (χ4v) is 2.86. The molecule has 0 aliphatic carbocycles. The molecule has 2 aromatic carbocycles. The molecule has 3 aromatic rings. The van der Waals surface area contributed by atoms with Gasteiger partial charge in [0, 0.05) is 24.8 Å². The first-order valence-corrected chi connectivity index (χ1v) is 9.56. The van der Waals surface area contributed by atoms with Crippen LogP contribution in [-0.2, 0) is 0 Å². The molecule has 1 aromatic heterocycles. The number of hydrogen-bond donors (Lipinski definition) is 1. The fraction of sp³-hybridized carbons (Fsp3) is 0.381. The lowest BCUT2D eigenvalue weighted by Crippen LogP contribution is -2.25. The summed E-state index contributed by atoms with van der Waals surface area (Å²) in [6, 6.07) is 13.1. The quantitative estimate of drug-likeness (QED) is 0.447. The van der Waals surface area contributed by atoms with Gasteiger partial charge in [-0.1, -0.05) is 43.9 Å². The molecule has 0 radical (unpaired) electrons. The first-order valence-electron chi connectivity index (χ1n) is 9.56. The van der Waals surface area contributed by atoms with E-state index < -0.39 is 0 Å². The minimum atomic E-state index is 0.102.